The van der Waals surface area contributed by atoms with E-state index in [2.05, 4.69) is 11.4 Å². The van der Waals surface area contributed by atoms with Gasteiger partial charge in [0.2, 0.25) is 5.76 Å². The minimum atomic E-state index is -1.19. The summed E-state index contributed by atoms with van der Waals surface area (Å²) in [5.41, 5.74) is 2.32. The number of carboxylic acids is 1. The van der Waals surface area contributed by atoms with E-state index in [4.69, 9.17) is 14.3 Å². The van der Waals surface area contributed by atoms with E-state index in [0.29, 0.717) is 13.0 Å². The molecule has 3 rings (SSSR count). The molecule has 2 N–H and O–H groups in total. The van der Waals surface area contributed by atoms with Crippen molar-refractivity contribution in [1.29, 1.82) is 0 Å². The molecule has 6 nitrogen and oxygen atoms in total. The molecule has 6 heteroatoms. The molecule has 0 fully saturated rings. The molecule has 0 saturated heterocycles. The summed E-state index contributed by atoms with van der Waals surface area (Å²) >= 11 is 0. The molecule has 1 aromatic carbocycles. The zero-order valence-corrected chi connectivity index (χ0v) is 11.8. The fourth-order valence-electron chi connectivity index (χ4n) is 2.38. The molecule has 0 bridgehead atoms. The molecular formula is C16H15NO5. The van der Waals surface area contributed by atoms with Crippen LogP contribution in [0.4, 0.5) is 0 Å². The van der Waals surface area contributed by atoms with E-state index in [9.17, 15) is 9.59 Å². The number of carboxylic acid groups (broad SMARTS) is 1. The van der Waals surface area contributed by atoms with Crippen molar-refractivity contribution in [3.63, 3.8) is 0 Å². The SMILES string of the molecule is O=C(O)c1ccc(C(=O)NCCc2ccc3c(c2)CCO3)o1. The van der Waals surface area contributed by atoms with Gasteiger partial charge < -0.3 is 19.6 Å². The maximum atomic E-state index is 11.8. The van der Waals surface area contributed by atoms with E-state index in [1.807, 2.05) is 12.1 Å². The van der Waals surface area contributed by atoms with Crippen LogP contribution in [0.5, 0.6) is 5.75 Å². The van der Waals surface area contributed by atoms with Crippen LogP contribution in [0.25, 0.3) is 0 Å². The zero-order valence-electron chi connectivity index (χ0n) is 11.8. The van der Waals surface area contributed by atoms with Gasteiger partial charge >= 0.3 is 5.97 Å². The highest BCUT2D eigenvalue weighted by Crippen LogP contribution is 2.25. The molecule has 0 radical (unpaired) electrons. The van der Waals surface area contributed by atoms with Crippen LogP contribution in [0.3, 0.4) is 0 Å². The summed E-state index contributed by atoms with van der Waals surface area (Å²) in [5, 5.41) is 11.5. The summed E-state index contributed by atoms with van der Waals surface area (Å²) in [7, 11) is 0. The van der Waals surface area contributed by atoms with Gasteiger partial charge in [-0.05, 0) is 35.7 Å². The summed E-state index contributed by atoms with van der Waals surface area (Å²) in [6.45, 7) is 1.17. The largest absolute Gasteiger partial charge is 0.493 e. The Bertz CT molecular complexity index is 719. The highest BCUT2D eigenvalue weighted by Gasteiger charge is 2.15. The molecular weight excluding hydrogens is 286 g/mol. The van der Waals surface area contributed by atoms with E-state index < -0.39 is 11.9 Å². The molecule has 0 spiro atoms. The Labute approximate surface area is 126 Å². The van der Waals surface area contributed by atoms with E-state index >= 15 is 0 Å². The Kier molecular flexibility index (Phi) is 3.82. The molecule has 2 aromatic rings. The first-order valence-electron chi connectivity index (χ1n) is 6.99. The predicted octanol–water partition coefficient (Wildman–Crippen LogP) is 1.89. The van der Waals surface area contributed by atoms with Crippen LogP contribution in [0.1, 0.15) is 32.2 Å². The number of carbonyl (C=O) groups excluding carboxylic acids is 1. The van der Waals surface area contributed by atoms with Crippen LogP contribution < -0.4 is 10.1 Å². The van der Waals surface area contributed by atoms with Crippen LogP contribution in [-0.2, 0) is 12.8 Å². The van der Waals surface area contributed by atoms with Crippen LogP contribution in [0, 0.1) is 0 Å². The van der Waals surface area contributed by atoms with Crippen LogP contribution >= 0.6 is 0 Å². The number of ether oxygens (including phenoxy) is 1. The fraction of sp³-hybridized carbons (Fsp3) is 0.250. The van der Waals surface area contributed by atoms with Crippen molar-refractivity contribution in [2.24, 2.45) is 0 Å². The van der Waals surface area contributed by atoms with Crippen molar-refractivity contribution in [2.75, 3.05) is 13.2 Å². The minimum Gasteiger partial charge on any atom is -0.493 e. The summed E-state index contributed by atoms with van der Waals surface area (Å²) in [4.78, 5) is 22.5. The lowest BCUT2D eigenvalue weighted by Crippen LogP contribution is -2.25. The third-order valence-corrected chi connectivity index (χ3v) is 3.49. The maximum absolute atomic E-state index is 11.8. The Balaban J connectivity index is 1.54. The number of aromatic carboxylic acids is 1. The van der Waals surface area contributed by atoms with Crippen molar-refractivity contribution in [2.45, 2.75) is 12.8 Å². The van der Waals surface area contributed by atoms with Gasteiger partial charge in [0.05, 0.1) is 6.61 Å². The summed E-state index contributed by atoms with van der Waals surface area (Å²) in [6.07, 6.45) is 1.60. The lowest BCUT2D eigenvalue weighted by molar-refractivity contribution is 0.0659. The number of benzene rings is 1. The van der Waals surface area contributed by atoms with E-state index in [0.717, 1.165) is 24.3 Å². The monoisotopic (exact) mass is 301 g/mol. The maximum Gasteiger partial charge on any atom is 0.371 e. The first-order chi connectivity index (χ1) is 10.6. The Morgan fingerprint density at radius 2 is 2.00 bits per heavy atom. The average molecular weight is 301 g/mol. The van der Waals surface area contributed by atoms with Gasteiger partial charge in [-0.3, -0.25) is 4.79 Å². The number of amides is 1. The number of rotatable bonds is 5. The Hall–Kier alpha value is -2.76. The number of fused-ring (bicyclic) bond motifs is 1. The van der Waals surface area contributed by atoms with Crippen LogP contribution in [0.15, 0.2) is 34.7 Å². The van der Waals surface area contributed by atoms with Crippen molar-refractivity contribution < 1.29 is 23.8 Å². The summed E-state index contributed by atoms with van der Waals surface area (Å²) in [6, 6.07) is 8.63. The first-order valence-corrected chi connectivity index (χ1v) is 6.99. The van der Waals surface area contributed by atoms with Crippen molar-refractivity contribution in [3.8, 4) is 5.75 Å². The van der Waals surface area contributed by atoms with Crippen LogP contribution in [-0.4, -0.2) is 30.1 Å². The lowest BCUT2D eigenvalue weighted by Gasteiger charge is -2.05. The van der Waals surface area contributed by atoms with E-state index in [1.54, 1.807) is 0 Å². The van der Waals surface area contributed by atoms with Gasteiger partial charge in [-0.15, -0.1) is 0 Å². The fourth-order valence-corrected chi connectivity index (χ4v) is 2.38. The summed E-state index contributed by atoms with van der Waals surface area (Å²) in [5.74, 6) is -0.926. The third kappa shape index (κ3) is 2.95. The Morgan fingerprint density at radius 3 is 2.77 bits per heavy atom. The predicted molar refractivity (Wildman–Crippen MR) is 77.3 cm³/mol. The Morgan fingerprint density at radius 1 is 1.18 bits per heavy atom. The van der Waals surface area contributed by atoms with Gasteiger partial charge in [0.15, 0.2) is 5.76 Å². The topological polar surface area (TPSA) is 88.8 Å². The second-order valence-corrected chi connectivity index (χ2v) is 5.02. The van der Waals surface area contributed by atoms with Gasteiger partial charge in [0, 0.05) is 13.0 Å². The molecule has 0 saturated carbocycles. The van der Waals surface area contributed by atoms with Crippen molar-refractivity contribution >= 4 is 11.9 Å². The highest BCUT2D eigenvalue weighted by atomic mass is 16.5. The van der Waals surface area contributed by atoms with Crippen molar-refractivity contribution in [1.82, 2.24) is 5.32 Å². The molecule has 0 unspecified atom stereocenters. The van der Waals surface area contributed by atoms with E-state index in [-0.39, 0.29) is 11.5 Å². The van der Waals surface area contributed by atoms with Crippen LogP contribution in [0.2, 0.25) is 0 Å². The van der Waals surface area contributed by atoms with Gasteiger partial charge in [-0.1, -0.05) is 12.1 Å². The molecule has 1 aliphatic rings. The number of hydrogen-bond acceptors (Lipinski definition) is 4. The molecule has 0 aliphatic carbocycles. The summed E-state index contributed by atoms with van der Waals surface area (Å²) < 4.78 is 10.4. The lowest BCUT2D eigenvalue weighted by atomic mass is 10.1. The molecule has 1 aromatic heterocycles. The number of carbonyl (C=O) groups is 2. The van der Waals surface area contributed by atoms with Gasteiger partial charge in [-0.25, -0.2) is 4.79 Å². The molecule has 2 heterocycles. The molecule has 1 aliphatic heterocycles. The molecule has 1 amide bonds. The second-order valence-electron chi connectivity index (χ2n) is 5.02. The quantitative estimate of drug-likeness (QED) is 0.880. The van der Waals surface area contributed by atoms with Gasteiger partial charge in [0.1, 0.15) is 5.75 Å². The third-order valence-electron chi connectivity index (χ3n) is 3.49. The zero-order chi connectivity index (χ0) is 15.5. The number of hydrogen-bond donors (Lipinski definition) is 2. The second kappa shape index (κ2) is 5.93. The van der Waals surface area contributed by atoms with Gasteiger partial charge in [0.25, 0.3) is 5.91 Å². The number of furan rings is 1. The van der Waals surface area contributed by atoms with Crippen molar-refractivity contribution in [3.05, 3.63) is 53.0 Å². The van der Waals surface area contributed by atoms with E-state index in [1.165, 1.54) is 17.7 Å². The highest BCUT2D eigenvalue weighted by molar-refractivity contribution is 5.93. The molecule has 0 atom stereocenters. The minimum absolute atomic E-state index is 0.000228. The number of nitrogens with one attached hydrogen (secondary N) is 1. The normalized spacial score (nSPS) is 12.5. The molecule has 22 heavy (non-hydrogen) atoms. The standard InChI is InChI=1S/C16H15NO5/c18-15(13-3-4-14(22-13)16(19)20)17-7-5-10-1-2-12-11(9-10)6-8-21-12/h1-4,9H,5-8H2,(H,17,18)(H,19,20). The first kappa shape index (κ1) is 14.2. The smallest absolute Gasteiger partial charge is 0.371 e. The molecule has 114 valence electrons. The van der Waals surface area contributed by atoms with Gasteiger partial charge in [-0.2, -0.15) is 0 Å². The average Bonchev–Trinajstić information content (AvgIpc) is 3.16.